The van der Waals surface area contributed by atoms with Crippen molar-refractivity contribution in [2.45, 2.75) is 26.4 Å². The van der Waals surface area contributed by atoms with Crippen molar-refractivity contribution in [3.8, 4) is 5.75 Å². The molecule has 0 atom stereocenters. The molecule has 0 aliphatic rings. The number of halogens is 3. The van der Waals surface area contributed by atoms with Crippen LogP contribution in [-0.4, -0.2) is 23.8 Å². The summed E-state index contributed by atoms with van der Waals surface area (Å²) in [7, 11) is 0. The highest BCUT2D eigenvalue weighted by atomic mass is 19.4. The molecular weight excluding hydrogens is 377 g/mol. The zero-order valence-corrected chi connectivity index (χ0v) is 15.0. The zero-order chi connectivity index (χ0) is 20.6. The fourth-order valence-corrected chi connectivity index (χ4v) is 2.38. The molecular formula is C18H19F3N4O3. The fraction of sp³-hybridized carbons (Fsp3) is 0.278. The normalized spacial score (nSPS) is 11.8. The lowest BCUT2D eigenvalue weighted by atomic mass is 10.2. The summed E-state index contributed by atoms with van der Waals surface area (Å²) in [6.45, 7) is 2.38. The van der Waals surface area contributed by atoms with Crippen LogP contribution in [0.3, 0.4) is 0 Å². The summed E-state index contributed by atoms with van der Waals surface area (Å²) in [5.74, 6) is -0.0178. The number of guanidine groups is 1. The summed E-state index contributed by atoms with van der Waals surface area (Å²) >= 11 is 0. The molecule has 0 aromatic heterocycles. The second kappa shape index (κ2) is 9.58. The van der Waals surface area contributed by atoms with E-state index in [1.54, 1.807) is 24.3 Å². The van der Waals surface area contributed by atoms with Gasteiger partial charge in [0.25, 0.3) is 5.69 Å². The number of rotatable bonds is 7. The summed E-state index contributed by atoms with van der Waals surface area (Å²) in [6.07, 6.45) is -4.80. The zero-order valence-electron chi connectivity index (χ0n) is 15.0. The van der Waals surface area contributed by atoms with E-state index in [1.165, 1.54) is 24.3 Å². The van der Waals surface area contributed by atoms with E-state index in [2.05, 4.69) is 20.4 Å². The number of benzene rings is 2. The van der Waals surface area contributed by atoms with Crippen LogP contribution >= 0.6 is 0 Å². The molecule has 2 rings (SSSR count). The lowest BCUT2D eigenvalue weighted by Crippen LogP contribution is -2.36. The number of alkyl halides is 3. The number of hydrogen-bond donors (Lipinski definition) is 2. The number of aliphatic imine (C=N–C) groups is 1. The van der Waals surface area contributed by atoms with E-state index < -0.39 is 11.3 Å². The van der Waals surface area contributed by atoms with Crippen molar-refractivity contribution < 1.29 is 22.8 Å². The minimum atomic E-state index is -4.80. The van der Waals surface area contributed by atoms with Gasteiger partial charge < -0.3 is 15.4 Å². The first-order valence-electron chi connectivity index (χ1n) is 8.38. The molecule has 10 heteroatoms. The molecule has 0 radical (unpaired) electrons. The molecule has 28 heavy (non-hydrogen) atoms. The topological polar surface area (TPSA) is 88.8 Å². The van der Waals surface area contributed by atoms with Gasteiger partial charge in [0.05, 0.1) is 11.5 Å². The average molecular weight is 396 g/mol. The minimum Gasteiger partial charge on any atom is -0.405 e. The van der Waals surface area contributed by atoms with Crippen LogP contribution in [0.15, 0.2) is 53.5 Å². The van der Waals surface area contributed by atoms with Crippen LogP contribution in [0.2, 0.25) is 0 Å². The van der Waals surface area contributed by atoms with Gasteiger partial charge in [-0.1, -0.05) is 36.4 Å². The molecule has 0 saturated heterocycles. The Kier molecular flexibility index (Phi) is 7.19. The molecule has 0 aliphatic carbocycles. The van der Waals surface area contributed by atoms with Gasteiger partial charge in [-0.05, 0) is 13.0 Å². The van der Waals surface area contributed by atoms with Crippen molar-refractivity contribution in [1.29, 1.82) is 0 Å². The number of nitro groups is 1. The Balaban J connectivity index is 2.13. The summed E-state index contributed by atoms with van der Waals surface area (Å²) in [4.78, 5) is 14.8. The lowest BCUT2D eigenvalue weighted by Gasteiger charge is -2.14. The molecule has 2 N–H and O–H groups in total. The van der Waals surface area contributed by atoms with E-state index >= 15 is 0 Å². The Morgan fingerprint density at radius 2 is 1.75 bits per heavy atom. The standard InChI is InChI=1S/C18H19F3N4O3/c1-2-22-17(23-11-13-7-3-5-9-15(13)25(26)27)24-12-14-8-4-6-10-16(14)28-18(19,20)21/h3-10H,2,11-12H2,1H3,(H2,22,23,24). The maximum absolute atomic E-state index is 12.5. The number of nitrogens with one attached hydrogen (secondary N) is 2. The molecule has 150 valence electrons. The van der Waals surface area contributed by atoms with Crippen molar-refractivity contribution >= 4 is 11.6 Å². The van der Waals surface area contributed by atoms with Gasteiger partial charge in [0.15, 0.2) is 5.96 Å². The van der Waals surface area contributed by atoms with Gasteiger partial charge >= 0.3 is 6.36 Å². The predicted molar refractivity (Wildman–Crippen MR) is 97.9 cm³/mol. The van der Waals surface area contributed by atoms with E-state index in [1.807, 2.05) is 6.92 Å². The second-order valence-electron chi connectivity index (χ2n) is 5.59. The monoisotopic (exact) mass is 396 g/mol. The minimum absolute atomic E-state index is 0.0326. The summed E-state index contributed by atoms with van der Waals surface area (Å²) in [6, 6.07) is 12.0. The number of nitro benzene ring substituents is 1. The fourth-order valence-electron chi connectivity index (χ4n) is 2.38. The third-order valence-corrected chi connectivity index (χ3v) is 3.58. The summed E-state index contributed by atoms with van der Waals surface area (Å²) < 4.78 is 41.6. The molecule has 0 aliphatic heterocycles. The van der Waals surface area contributed by atoms with Crippen molar-refractivity contribution in [1.82, 2.24) is 10.6 Å². The number of nitrogens with zero attached hydrogens (tertiary/aromatic N) is 2. The van der Waals surface area contributed by atoms with Crippen LogP contribution in [0, 0.1) is 10.1 Å². The van der Waals surface area contributed by atoms with E-state index in [0.29, 0.717) is 18.1 Å². The van der Waals surface area contributed by atoms with Gasteiger partial charge in [-0.3, -0.25) is 10.1 Å². The molecule has 0 spiro atoms. The molecule has 0 amide bonds. The molecule has 0 heterocycles. The highest BCUT2D eigenvalue weighted by Gasteiger charge is 2.31. The van der Waals surface area contributed by atoms with Crippen molar-refractivity contribution in [3.63, 3.8) is 0 Å². The van der Waals surface area contributed by atoms with Crippen molar-refractivity contribution in [3.05, 3.63) is 69.8 Å². The number of para-hydroxylation sites is 2. The van der Waals surface area contributed by atoms with Gasteiger partial charge in [-0.15, -0.1) is 13.2 Å². The van der Waals surface area contributed by atoms with E-state index in [4.69, 9.17) is 0 Å². The third kappa shape index (κ3) is 6.45. The predicted octanol–water partition coefficient (Wildman–Crippen LogP) is 3.75. The van der Waals surface area contributed by atoms with Gasteiger partial charge in [-0.2, -0.15) is 0 Å². The van der Waals surface area contributed by atoms with Crippen LogP contribution in [0.25, 0.3) is 0 Å². The molecule has 0 unspecified atom stereocenters. The smallest absolute Gasteiger partial charge is 0.405 e. The van der Waals surface area contributed by atoms with E-state index in [-0.39, 0.29) is 30.1 Å². The van der Waals surface area contributed by atoms with Crippen LogP contribution in [0.5, 0.6) is 5.75 Å². The first kappa shape index (κ1) is 21.0. The Labute approximate surface area is 159 Å². The molecule has 0 bridgehead atoms. The maximum Gasteiger partial charge on any atom is 0.573 e. The maximum atomic E-state index is 12.5. The number of ether oxygens (including phenoxy) is 1. The van der Waals surface area contributed by atoms with Gasteiger partial charge in [0.1, 0.15) is 5.75 Å². The molecule has 2 aromatic carbocycles. The van der Waals surface area contributed by atoms with Crippen molar-refractivity contribution in [2.75, 3.05) is 6.54 Å². The highest BCUT2D eigenvalue weighted by Crippen LogP contribution is 2.26. The lowest BCUT2D eigenvalue weighted by molar-refractivity contribution is -0.385. The Bertz CT molecular complexity index is 841. The largest absolute Gasteiger partial charge is 0.573 e. The molecule has 0 fully saturated rings. The second-order valence-corrected chi connectivity index (χ2v) is 5.59. The SMILES string of the molecule is CCNC(=NCc1ccccc1OC(F)(F)F)NCc1ccccc1[N+](=O)[O-]. The first-order valence-corrected chi connectivity index (χ1v) is 8.38. The molecule has 2 aromatic rings. The van der Waals surface area contributed by atoms with Gasteiger partial charge in [0.2, 0.25) is 0 Å². The van der Waals surface area contributed by atoms with Crippen LogP contribution < -0.4 is 15.4 Å². The quantitative estimate of drug-likeness (QED) is 0.322. The van der Waals surface area contributed by atoms with Crippen LogP contribution in [0.1, 0.15) is 18.1 Å². The highest BCUT2D eigenvalue weighted by molar-refractivity contribution is 5.79. The van der Waals surface area contributed by atoms with Crippen LogP contribution in [0.4, 0.5) is 18.9 Å². The summed E-state index contributed by atoms with van der Waals surface area (Å²) in [5.41, 5.74) is 0.677. The Hall–Kier alpha value is -3.30. The van der Waals surface area contributed by atoms with Crippen molar-refractivity contribution in [2.24, 2.45) is 4.99 Å². The third-order valence-electron chi connectivity index (χ3n) is 3.58. The van der Waals surface area contributed by atoms with E-state index in [0.717, 1.165) is 0 Å². The summed E-state index contributed by atoms with van der Waals surface area (Å²) in [5, 5.41) is 17.0. The Morgan fingerprint density at radius 3 is 2.39 bits per heavy atom. The molecule has 7 nitrogen and oxygen atoms in total. The van der Waals surface area contributed by atoms with E-state index in [9.17, 15) is 23.3 Å². The van der Waals surface area contributed by atoms with Crippen LogP contribution in [-0.2, 0) is 13.1 Å². The number of hydrogen-bond acceptors (Lipinski definition) is 4. The molecule has 0 saturated carbocycles. The Morgan fingerprint density at radius 1 is 1.11 bits per heavy atom. The first-order chi connectivity index (χ1) is 13.3. The van der Waals surface area contributed by atoms with Gasteiger partial charge in [0, 0.05) is 30.3 Å². The van der Waals surface area contributed by atoms with Gasteiger partial charge in [-0.25, -0.2) is 4.99 Å². The average Bonchev–Trinajstić information content (AvgIpc) is 2.64.